The first kappa shape index (κ1) is 16.6. The molecular formula is C21H25NO2. The van der Waals surface area contributed by atoms with Crippen molar-refractivity contribution in [3.8, 4) is 5.75 Å². The monoisotopic (exact) mass is 323 g/mol. The molecule has 3 heteroatoms. The molecule has 2 aromatic rings. The fraction of sp³-hybridized carbons (Fsp3) is 0.381. The highest BCUT2D eigenvalue weighted by molar-refractivity contribution is 5.89. The number of ether oxygens (including phenoxy) is 1. The van der Waals surface area contributed by atoms with Crippen molar-refractivity contribution in [3.05, 3.63) is 65.7 Å². The maximum atomic E-state index is 13.1. The Kier molecular flexibility index (Phi) is 4.89. The average Bonchev–Trinajstić information content (AvgIpc) is 2.57. The zero-order valence-corrected chi connectivity index (χ0v) is 14.5. The molecule has 3 rings (SSSR count). The topological polar surface area (TPSA) is 29.5 Å². The minimum atomic E-state index is -0.318. The molecule has 3 nitrogen and oxygen atoms in total. The van der Waals surface area contributed by atoms with Crippen LogP contribution in [0, 0.1) is 0 Å². The number of amides is 1. The van der Waals surface area contributed by atoms with Crippen LogP contribution in [0.15, 0.2) is 54.6 Å². The maximum absolute atomic E-state index is 13.1. The molecule has 1 saturated carbocycles. The van der Waals surface area contributed by atoms with Gasteiger partial charge in [0.1, 0.15) is 5.75 Å². The van der Waals surface area contributed by atoms with Crippen molar-refractivity contribution in [3.63, 3.8) is 0 Å². The molecule has 0 aromatic heterocycles. The van der Waals surface area contributed by atoms with Crippen molar-refractivity contribution >= 4 is 5.91 Å². The third kappa shape index (κ3) is 3.16. The van der Waals surface area contributed by atoms with Gasteiger partial charge < -0.3 is 9.64 Å². The smallest absolute Gasteiger partial charge is 0.233 e. The van der Waals surface area contributed by atoms with E-state index >= 15 is 0 Å². The van der Waals surface area contributed by atoms with Crippen LogP contribution in [0.3, 0.4) is 0 Å². The highest BCUT2D eigenvalue weighted by Gasteiger charge is 2.46. The van der Waals surface area contributed by atoms with Crippen molar-refractivity contribution < 1.29 is 9.53 Å². The number of rotatable bonds is 6. The SMILES string of the molecule is CCOc1ccc(CN(C)C(=O)C2(c3ccccc3)CCC2)cc1. The third-order valence-electron chi connectivity index (χ3n) is 4.94. The lowest BCUT2D eigenvalue weighted by Gasteiger charge is -2.43. The summed E-state index contributed by atoms with van der Waals surface area (Å²) in [6, 6.07) is 18.2. The maximum Gasteiger partial charge on any atom is 0.233 e. The second kappa shape index (κ2) is 7.08. The number of hydrogen-bond acceptors (Lipinski definition) is 2. The number of likely N-dealkylation sites (N-methyl/N-ethyl adjacent to an activating group) is 1. The Bertz CT molecular complexity index is 675. The van der Waals surface area contributed by atoms with E-state index < -0.39 is 0 Å². The van der Waals surface area contributed by atoms with E-state index in [1.54, 1.807) is 0 Å². The number of carbonyl (C=O) groups is 1. The summed E-state index contributed by atoms with van der Waals surface area (Å²) in [5.41, 5.74) is 1.96. The zero-order valence-electron chi connectivity index (χ0n) is 14.5. The molecule has 0 heterocycles. The van der Waals surface area contributed by atoms with Gasteiger partial charge in [-0.15, -0.1) is 0 Å². The van der Waals surface area contributed by atoms with Crippen LogP contribution in [0.1, 0.15) is 37.3 Å². The summed E-state index contributed by atoms with van der Waals surface area (Å²) in [5, 5.41) is 0. The van der Waals surface area contributed by atoms with E-state index in [0.717, 1.165) is 36.1 Å². The molecule has 0 unspecified atom stereocenters. The lowest BCUT2D eigenvalue weighted by Crippen LogP contribution is -2.49. The van der Waals surface area contributed by atoms with Gasteiger partial charge >= 0.3 is 0 Å². The Hall–Kier alpha value is -2.29. The van der Waals surface area contributed by atoms with E-state index in [0.29, 0.717) is 13.2 Å². The Morgan fingerprint density at radius 1 is 1.08 bits per heavy atom. The van der Waals surface area contributed by atoms with Crippen LogP contribution in [0.4, 0.5) is 0 Å². The van der Waals surface area contributed by atoms with Crippen LogP contribution in [-0.4, -0.2) is 24.5 Å². The van der Waals surface area contributed by atoms with Gasteiger partial charge in [-0.05, 0) is 43.0 Å². The first-order valence-corrected chi connectivity index (χ1v) is 8.68. The quantitative estimate of drug-likeness (QED) is 0.798. The molecule has 1 fully saturated rings. The zero-order chi connectivity index (χ0) is 17.0. The molecule has 0 spiro atoms. The highest BCUT2D eigenvalue weighted by Crippen LogP contribution is 2.45. The summed E-state index contributed by atoms with van der Waals surface area (Å²) < 4.78 is 5.47. The molecule has 1 aliphatic carbocycles. The molecule has 0 bridgehead atoms. The van der Waals surface area contributed by atoms with Crippen molar-refractivity contribution in [1.82, 2.24) is 4.90 Å². The molecule has 0 radical (unpaired) electrons. The Morgan fingerprint density at radius 2 is 1.75 bits per heavy atom. The first-order valence-electron chi connectivity index (χ1n) is 8.68. The normalized spacial score (nSPS) is 15.4. The molecule has 1 amide bonds. The van der Waals surface area contributed by atoms with Crippen LogP contribution in [-0.2, 0) is 16.8 Å². The van der Waals surface area contributed by atoms with Crippen LogP contribution < -0.4 is 4.74 Å². The summed E-state index contributed by atoms with van der Waals surface area (Å²) in [5.74, 6) is 1.10. The summed E-state index contributed by atoms with van der Waals surface area (Å²) in [6.45, 7) is 3.26. The van der Waals surface area contributed by atoms with E-state index in [2.05, 4.69) is 12.1 Å². The van der Waals surface area contributed by atoms with Gasteiger partial charge in [0, 0.05) is 13.6 Å². The number of nitrogens with zero attached hydrogens (tertiary/aromatic N) is 1. The standard InChI is InChI=1S/C21H25NO2/c1-3-24-19-12-10-17(11-13-19)16-22(2)20(23)21(14-7-15-21)18-8-5-4-6-9-18/h4-6,8-13H,3,7,14-16H2,1-2H3. The summed E-state index contributed by atoms with van der Waals surface area (Å²) in [6.07, 6.45) is 3.02. The van der Waals surface area contributed by atoms with E-state index in [-0.39, 0.29) is 11.3 Å². The van der Waals surface area contributed by atoms with Gasteiger partial charge in [-0.1, -0.05) is 48.9 Å². The predicted octanol–water partition coefficient (Wildman–Crippen LogP) is 4.17. The van der Waals surface area contributed by atoms with E-state index in [1.807, 2.05) is 61.3 Å². The molecule has 1 aliphatic rings. The van der Waals surface area contributed by atoms with Crippen molar-refractivity contribution in [2.45, 2.75) is 38.1 Å². The molecule has 24 heavy (non-hydrogen) atoms. The minimum Gasteiger partial charge on any atom is -0.494 e. The molecule has 0 aliphatic heterocycles. The van der Waals surface area contributed by atoms with Gasteiger partial charge in [0.25, 0.3) is 0 Å². The highest BCUT2D eigenvalue weighted by atomic mass is 16.5. The van der Waals surface area contributed by atoms with Crippen LogP contribution in [0.25, 0.3) is 0 Å². The third-order valence-corrected chi connectivity index (χ3v) is 4.94. The fourth-order valence-corrected chi connectivity index (χ4v) is 3.48. The second-order valence-electron chi connectivity index (χ2n) is 6.54. The lowest BCUT2D eigenvalue weighted by atomic mass is 9.63. The van der Waals surface area contributed by atoms with E-state index in [4.69, 9.17) is 4.74 Å². The lowest BCUT2D eigenvalue weighted by molar-refractivity contribution is -0.140. The molecule has 2 aromatic carbocycles. The van der Waals surface area contributed by atoms with Gasteiger partial charge in [0.2, 0.25) is 5.91 Å². The van der Waals surface area contributed by atoms with Crippen molar-refractivity contribution in [1.29, 1.82) is 0 Å². The Labute approximate surface area is 144 Å². The van der Waals surface area contributed by atoms with Crippen molar-refractivity contribution in [2.75, 3.05) is 13.7 Å². The average molecular weight is 323 g/mol. The Morgan fingerprint density at radius 3 is 2.29 bits per heavy atom. The molecule has 0 atom stereocenters. The summed E-state index contributed by atoms with van der Waals surface area (Å²) in [4.78, 5) is 15.0. The molecule has 0 saturated heterocycles. The largest absolute Gasteiger partial charge is 0.494 e. The molecule has 126 valence electrons. The van der Waals surface area contributed by atoms with Gasteiger partial charge in [-0.25, -0.2) is 0 Å². The summed E-state index contributed by atoms with van der Waals surface area (Å²) >= 11 is 0. The van der Waals surface area contributed by atoms with Gasteiger partial charge in [-0.3, -0.25) is 4.79 Å². The summed E-state index contributed by atoms with van der Waals surface area (Å²) in [7, 11) is 1.90. The van der Waals surface area contributed by atoms with Gasteiger partial charge in [-0.2, -0.15) is 0 Å². The van der Waals surface area contributed by atoms with Crippen LogP contribution >= 0.6 is 0 Å². The predicted molar refractivity (Wildman–Crippen MR) is 96.1 cm³/mol. The second-order valence-corrected chi connectivity index (χ2v) is 6.54. The molecular weight excluding hydrogens is 298 g/mol. The molecule has 0 N–H and O–H groups in total. The van der Waals surface area contributed by atoms with Gasteiger partial charge in [0.15, 0.2) is 0 Å². The van der Waals surface area contributed by atoms with Gasteiger partial charge in [0.05, 0.1) is 12.0 Å². The Balaban J connectivity index is 1.72. The first-order chi connectivity index (χ1) is 11.7. The number of hydrogen-bond donors (Lipinski definition) is 0. The fourth-order valence-electron chi connectivity index (χ4n) is 3.48. The minimum absolute atomic E-state index is 0.230. The van der Waals surface area contributed by atoms with Crippen molar-refractivity contribution in [2.24, 2.45) is 0 Å². The number of benzene rings is 2. The van der Waals surface area contributed by atoms with E-state index in [9.17, 15) is 4.79 Å². The van der Waals surface area contributed by atoms with Crippen LogP contribution in [0.5, 0.6) is 5.75 Å². The number of carbonyl (C=O) groups excluding carboxylic acids is 1. The van der Waals surface area contributed by atoms with Crippen LogP contribution in [0.2, 0.25) is 0 Å². The van der Waals surface area contributed by atoms with E-state index in [1.165, 1.54) is 0 Å².